The van der Waals surface area contributed by atoms with Gasteiger partial charge in [0.15, 0.2) is 0 Å². The Morgan fingerprint density at radius 2 is 2.05 bits per heavy atom. The molecule has 2 atom stereocenters. The van der Waals surface area contributed by atoms with Crippen molar-refractivity contribution in [1.29, 1.82) is 0 Å². The average molecular weight is 290 g/mol. The van der Waals surface area contributed by atoms with Gasteiger partial charge in [0.25, 0.3) is 0 Å². The van der Waals surface area contributed by atoms with Gasteiger partial charge in [-0.25, -0.2) is 4.98 Å². The quantitative estimate of drug-likeness (QED) is 0.901. The summed E-state index contributed by atoms with van der Waals surface area (Å²) in [5.74, 6) is 1.86. The molecule has 1 aliphatic rings. The molecule has 0 saturated carbocycles. The summed E-state index contributed by atoms with van der Waals surface area (Å²) < 4.78 is 0. The molecule has 1 aromatic heterocycles. The lowest BCUT2D eigenvalue weighted by Gasteiger charge is -2.24. The van der Waals surface area contributed by atoms with Gasteiger partial charge in [0.2, 0.25) is 0 Å². The van der Waals surface area contributed by atoms with Gasteiger partial charge in [-0.05, 0) is 52.0 Å². The molecule has 1 aliphatic heterocycles. The highest BCUT2D eigenvalue weighted by atomic mass is 15.3. The maximum atomic E-state index is 4.86. The van der Waals surface area contributed by atoms with E-state index in [1.54, 1.807) is 0 Å². The molecule has 2 unspecified atom stereocenters. The highest BCUT2D eigenvalue weighted by molar-refractivity contribution is 5.52. The first-order chi connectivity index (χ1) is 9.93. The summed E-state index contributed by atoms with van der Waals surface area (Å²) in [6.45, 7) is 12.9. The zero-order chi connectivity index (χ0) is 15.6. The van der Waals surface area contributed by atoms with Crippen LogP contribution >= 0.6 is 0 Å². The standard InChI is InChI=1S/C17H30N4/c1-7-18-9-15-12(2)8-14(4)19-17(15)21-10-13(3)16(11-21)20(5)6/h8,13,16,18H,7,9-11H2,1-6H3. The predicted molar refractivity (Wildman–Crippen MR) is 89.9 cm³/mol. The van der Waals surface area contributed by atoms with Crippen LogP contribution in [0.5, 0.6) is 0 Å². The van der Waals surface area contributed by atoms with Gasteiger partial charge in [0, 0.05) is 36.9 Å². The van der Waals surface area contributed by atoms with E-state index in [0.717, 1.165) is 31.9 Å². The fourth-order valence-corrected chi connectivity index (χ4v) is 3.37. The molecule has 0 bridgehead atoms. The summed E-state index contributed by atoms with van der Waals surface area (Å²) in [4.78, 5) is 9.68. The minimum atomic E-state index is 0.611. The molecule has 4 heteroatoms. The molecular formula is C17H30N4. The van der Waals surface area contributed by atoms with Gasteiger partial charge in [0.1, 0.15) is 5.82 Å². The van der Waals surface area contributed by atoms with Crippen molar-refractivity contribution in [3.8, 4) is 0 Å². The predicted octanol–water partition coefficient (Wildman–Crippen LogP) is 2.19. The number of nitrogens with one attached hydrogen (secondary N) is 1. The molecule has 118 valence electrons. The van der Waals surface area contributed by atoms with Gasteiger partial charge in [-0.1, -0.05) is 13.8 Å². The topological polar surface area (TPSA) is 31.4 Å². The molecule has 1 fully saturated rings. The van der Waals surface area contributed by atoms with Crippen LogP contribution in [-0.4, -0.2) is 49.7 Å². The van der Waals surface area contributed by atoms with Crippen LogP contribution in [0.2, 0.25) is 0 Å². The summed E-state index contributed by atoms with van der Waals surface area (Å²) in [5, 5.41) is 3.46. The minimum Gasteiger partial charge on any atom is -0.354 e. The molecule has 21 heavy (non-hydrogen) atoms. The summed E-state index contributed by atoms with van der Waals surface area (Å²) in [5.41, 5.74) is 3.82. The third-order valence-electron chi connectivity index (χ3n) is 4.54. The second kappa shape index (κ2) is 6.75. The van der Waals surface area contributed by atoms with Crippen molar-refractivity contribution in [3.63, 3.8) is 0 Å². The van der Waals surface area contributed by atoms with E-state index in [4.69, 9.17) is 4.98 Å². The Hall–Kier alpha value is -1.13. The molecular weight excluding hydrogens is 260 g/mol. The molecule has 4 nitrogen and oxygen atoms in total. The maximum absolute atomic E-state index is 4.86. The number of aryl methyl sites for hydroxylation is 2. The van der Waals surface area contributed by atoms with Crippen molar-refractivity contribution >= 4 is 5.82 Å². The fraction of sp³-hybridized carbons (Fsp3) is 0.706. The lowest BCUT2D eigenvalue weighted by atomic mass is 10.1. The summed E-state index contributed by atoms with van der Waals surface area (Å²) in [7, 11) is 4.36. The average Bonchev–Trinajstić information content (AvgIpc) is 2.79. The van der Waals surface area contributed by atoms with Crippen molar-refractivity contribution in [2.75, 3.05) is 38.6 Å². The fourth-order valence-electron chi connectivity index (χ4n) is 3.37. The van der Waals surface area contributed by atoms with Gasteiger partial charge in [-0.3, -0.25) is 0 Å². The number of anilines is 1. The molecule has 1 aromatic rings. The molecule has 1 N–H and O–H groups in total. The number of hydrogen-bond donors (Lipinski definition) is 1. The number of aromatic nitrogens is 1. The number of hydrogen-bond acceptors (Lipinski definition) is 4. The summed E-state index contributed by atoms with van der Waals surface area (Å²) in [6, 6.07) is 2.80. The SMILES string of the molecule is CCNCc1c(C)cc(C)nc1N1CC(C)C(N(C)C)C1. The van der Waals surface area contributed by atoms with E-state index in [1.165, 1.54) is 16.9 Å². The van der Waals surface area contributed by atoms with Gasteiger partial charge in [-0.15, -0.1) is 0 Å². The number of nitrogens with zero attached hydrogens (tertiary/aromatic N) is 3. The smallest absolute Gasteiger partial charge is 0.133 e. The largest absolute Gasteiger partial charge is 0.354 e. The first-order valence-corrected chi connectivity index (χ1v) is 8.03. The van der Waals surface area contributed by atoms with Crippen LogP contribution in [0.1, 0.15) is 30.7 Å². The van der Waals surface area contributed by atoms with Gasteiger partial charge in [0.05, 0.1) is 0 Å². The molecule has 0 spiro atoms. The first-order valence-electron chi connectivity index (χ1n) is 8.03. The van der Waals surface area contributed by atoms with Gasteiger partial charge < -0.3 is 15.1 Å². The van der Waals surface area contributed by atoms with Gasteiger partial charge >= 0.3 is 0 Å². The number of pyridine rings is 1. The molecule has 1 saturated heterocycles. The van der Waals surface area contributed by atoms with Crippen LogP contribution in [0.4, 0.5) is 5.82 Å². The molecule has 2 rings (SSSR count). The normalized spacial score (nSPS) is 22.3. The number of rotatable bonds is 5. The highest BCUT2D eigenvalue weighted by Crippen LogP contribution is 2.29. The van der Waals surface area contributed by atoms with E-state index >= 15 is 0 Å². The highest BCUT2D eigenvalue weighted by Gasteiger charge is 2.32. The summed E-state index contributed by atoms with van der Waals surface area (Å²) in [6.07, 6.45) is 0. The molecule has 0 aliphatic carbocycles. The Morgan fingerprint density at radius 3 is 2.62 bits per heavy atom. The second-order valence-corrected chi connectivity index (χ2v) is 6.58. The van der Waals surface area contributed by atoms with E-state index < -0.39 is 0 Å². The van der Waals surface area contributed by atoms with Crippen LogP contribution in [0.25, 0.3) is 0 Å². The third kappa shape index (κ3) is 3.55. The van der Waals surface area contributed by atoms with Crippen LogP contribution < -0.4 is 10.2 Å². The third-order valence-corrected chi connectivity index (χ3v) is 4.54. The van der Waals surface area contributed by atoms with Crippen molar-refractivity contribution in [2.45, 2.75) is 40.3 Å². The molecule has 0 radical (unpaired) electrons. The Balaban J connectivity index is 2.30. The van der Waals surface area contributed by atoms with E-state index in [1.807, 2.05) is 0 Å². The Bertz CT molecular complexity index is 484. The first kappa shape index (κ1) is 16.2. The van der Waals surface area contributed by atoms with Crippen LogP contribution in [0.15, 0.2) is 6.07 Å². The maximum Gasteiger partial charge on any atom is 0.133 e. The Kier molecular flexibility index (Phi) is 5.22. The monoisotopic (exact) mass is 290 g/mol. The molecule has 0 aromatic carbocycles. The van der Waals surface area contributed by atoms with Crippen molar-refractivity contribution < 1.29 is 0 Å². The van der Waals surface area contributed by atoms with E-state index in [9.17, 15) is 0 Å². The van der Waals surface area contributed by atoms with Gasteiger partial charge in [-0.2, -0.15) is 0 Å². The minimum absolute atomic E-state index is 0.611. The summed E-state index contributed by atoms with van der Waals surface area (Å²) >= 11 is 0. The van der Waals surface area contributed by atoms with Crippen LogP contribution in [0, 0.1) is 19.8 Å². The molecule has 2 heterocycles. The Labute approximate surface area is 129 Å². The lowest BCUT2D eigenvalue weighted by Crippen LogP contribution is -2.34. The van der Waals surface area contributed by atoms with Crippen molar-refractivity contribution in [1.82, 2.24) is 15.2 Å². The van der Waals surface area contributed by atoms with E-state index in [-0.39, 0.29) is 0 Å². The zero-order valence-electron chi connectivity index (χ0n) is 14.4. The number of likely N-dealkylation sites (N-methyl/N-ethyl adjacent to an activating group) is 1. The Morgan fingerprint density at radius 1 is 1.33 bits per heavy atom. The second-order valence-electron chi connectivity index (χ2n) is 6.58. The lowest BCUT2D eigenvalue weighted by molar-refractivity contribution is 0.266. The zero-order valence-corrected chi connectivity index (χ0v) is 14.4. The van der Waals surface area contributed by atoms with Crippen LogP contribution in [-0.2, 0) is 6.54 Å². The molecule has 0 amide bonds. The van der Waals surface area contributed by atoms with Crippen LogP contribution in [0.3, 0.4) is 0 Å². The van der Waals surface area contributed by atoms with E-state index in [0.29, 0.717) is 12.0 Å². The van der Waals surface area contributed by atoms with E-state index in [2.05, 4.69) is 63.0 Å². The van der Waals surface area contributed by atoms with Crippen molar-refractivity contribution in [2.24, 2.45) is 5.92 Å². The van der Waals surface area contributed by atoms with Crippen molar-refractivity contribution in [3.05, 3.63) is 22.9 Å².